The lowest BCUT2D eigenvalue weighted by atomic mass is 10.0. The van der Waals surface area contributed by atoms with Crippen molar-refractivity contribution in [2.75, 3.05) is 0 Å². The predicted octanol–water partition coefficient (Wildman–Crippen LogP) is 0.296. The molecule has 0 saturated carbocycles. The largest absolute Gasteiger partial charge is 0.478 e. The van der Waals surface area contributed by atoms with Gasteiger partial charge in [-0.05, 0) is 12.8 Å². The average Bonchev–Trinajstić information content (AvgIpc) is 2.03. The van der Waals surface area contributed by atoms with Gasteiger partial charge in [-0.3, -0.25) is 4.79 Å². The van der Waals surface area contributed by atoms with Gasteiger partial charge >= 0.3 is 5.97 Å². The van der Waals surface area contributed by atoms with Crippen LogP contribution in [0.1, 0.15) is 19.8 Å². The molecule has 0 aromatic rings. The fraction of sp³-hybridized carbons (Fsp3) is 0.500. The molecule has 66 valence electrons. The molecule has 0 fully saturated rings. The summed E-state index contributed by atoms with van der Waals surface area (Å²) in [6.45, 7) is 1.91. The number of hydrogen-bond donors (Lipinski definition) is 2. The number of carbonyl (C=O) groups is 2. The number of carboxylic acids is 1. The van der Waals surface area contributed by atoms with E-state index in [9.17, 15) is 9.59 Å². The number of rotatable bonds is 2. The predicted molar refractivity (Wildman–Crippen MR) is 42.6 cm³/mol. The van der Waals surface area contributed by atoms with E-state index in [0.29, 0.717) is 6.42 Å². The Bertz CT molecular complexity index is 245. The summed E-state index contributed by atoms with van der Waals surface area (Å²) in [4.78, 5) is 21.4. The van der Waals surface area contributed by atoms with Crippen molar-refractivity contribution in [2.45, 2.75) is 25.8 Å². The molecule has 12 heavy (non-hydrogen) atoms. The highest BCUT2D eigenvalue weighted by Crippen LogP contribution is 2.12. The third-order valence-corrected chi connectivity index (χ3v) is 1.89. The van der Waals surface area contributed by atoms with Crippen molar-refractivity contribution < 1.29 is 14.7 Å². The number of aliphatic carboxylic acids is 1. The lowest BCUT2D eigenvalue weighted by molar-refractivity contribution is -0.133. The van der Waals surface area contributed by atoms with Crippen LogP contribution in [0.3, 0.4) is 0 Å². The zero-order chi connectivity index (χ0) is 9.14. The Morgan fingerprint density at radius 3 is 3.00 bits per heavy atom. The van der Waals surface area contributed by atoms with Crippen LogP contribution in [0.4, 0.5) is 0 Å². The summed E-state index contributed by atoms with van der Waals surface area (Å²) in [6, 6.07) is -0.0198. The van der Waals surface area contributed by atoms with Gasteiger partial charge in [-0.2, -0.15) is 0 Å². The number of nitrogens with one attached hydrogen (secondary N) is 1. The molecule has 4 nitrogen and oxygen atoms in total. The number of hydrogen-bond acceptors (Lipinski definition) is 2. The molecule has 1 heterocycles. The van der Waals surface area contributed by atoms with Crippen molar-refractivity contribution in [2.24, 2.45) is 0 Å². The minimum atomic E-state index is -0.997. The molecule has 2 N–H and O–H groups in total. The van der Waals surface area contributed by atoms with E-state index in [1.54, 1.807) is 0 Å². The van der Waals surface area contributed by atoms with Crippen molar-refractivity contribution in [1.82, 2.24) is 5.32 Å². The lowest BCUT2D eigenvalue weighted by Crippen LogP contribution is -2.38. The third kappa shape index (κ3) is 1.84. The van der Waals surface area contributed by atoms with Gasteiger partial charge < -0.3 is 10.4 Å². The molecular weight excluding hydrogens is 158 g/mol. The molecule has 0 saturated heterocycles. The summed E-state index contributed by atoms with van der Waals surface area (Å²) in [7, 11) is 0. The van der Waals surface area contributed by atoms with Gasteiger partial charge in [-0.25, -0.2) is 4.79 Å². The minimum absolute atomic E-state index is 0.0198. The van der Waals surface area contributed by atoms with E-state index in [1.807, 2.05) is 6.92 Å². The van der Waals surface area contributed by atoms with Gasteiger partial charge in [0.25, 0.3) is 0 Å². The minimum Gasteiger partial charge on any atom is -0.478 e. The van der Waals surface area contributed by atoms with E-state index in [4.69, 9.17) is 5.11 Å². The second kappa shape index (κ2) is 3.38. The maximum Gasteiger partial charge on any atom is 0.331 e. The number of carboxylic acid groups (broad SMARTS) is 1. The van der Waals surface area contributed by atoms with Gasteiger partial charge in [0.15, 0.2) is 0 Å². The van der Waals surface area contributed by atoms with E-state index in [-0.39, 0.29) is 17.5 Å². The quantitative estimate of drug-likeness (QED) is 0.624. The SMILES string of the molecule is CCC1CC(C(=O)O)=CC(=O)N1. The summed E-state index contributed by atoms with van der Waals surface area (Å²) in [5.41, 5.74) is 0.200. The summed E-state index contributed by atoms with van der Waals surface area (Å²) in [5, 5.41) is 11.3. The number of carbonyl (C=O) groups excluding carboxylic acids is 1. The van der Waals surface area contributed by atoms with Gasteiger partial charge in [-0.15, -0.1) is 0 Å². The van der Waals surface area contributed by atoms with Crippen LogP contribution in [0.15, 0.2) is 11.6 Å². The van der Waals surface area contributed by atoms with Crippen LogP contribution in [0.5, 0.6) is 0 Å². The van der Waals surface area contributed by atoms with Crippen LogP contribution in [0.25, 0.3) is 0 Å². The summed E-state index contributed by atoms with van der Waals surface area (Å²) >= 11 is 0. The molecule has 1 rings (SSSR count). The monoisotopic (exact) mass is 169 g/mol. The Morgan fingerprint density at radius 1 is 1.83 bits per heavy atom. The van der Waals surface area contributed by atoms with Crippen molar-refractivity contribution in [3.8, 4) is 0 Å². The molecule has 0 bridgehead atoms. The van der Waals surface area contributed by atoms with E-state index >= 15 is 0 Å². The summed E-state index contributed by atoms with van der Waals surface area (Å²) < 4.78 is 0. The third-order valence-electron chi connectivity index (χ3n) is 1.89. The lowest BCUT2D eigenvalue weighted by Gasteiger charge is -2.20. The molecule has 0 aromatic carbocycles. The first kappa shape index (κ1) is 8.77. The van der Waals surface area contributed by atoms with Crippen molar-refractivity contribution in [1.29, 1.82) is 0 Å². The maximum absolute atomic E-state index is 10.9. The first-order chi connectivity index (χ1) is 5.63. The summed E-state index contributed by atoms with van der Waals surface area (Å²) in [6.07, 6.45) is 2.34. The Hall–Kier alpha value is -1.32. The Balaban J connectivity index is 2.76. The summed E-state index contributed by atoms with van der Waals surface area (Å²) in [5.74, 6) is -1.30. The molecule has 0 aromatic heterocycles. The standard InChI is InChI=1S/C8H11NO3/c1-2-6-3-5(8(11)12)4-7(10)9-6/h4,6H,2-3H2,1H3,(H,9,10)(H,11,12). The van der Waals surface area contributed by atoms with E-state index < -0.39 is 5.97 Å². The zero-order valence-electron chi connectivity index (χ0n) is 6.83. The van der Waals surface area contributed by atoms with Crippen molar-refractivity contribution in [3.63, 3.8) is 0 Å². The molecule has 1 aliphatic rings. The van der Waals surface area contributed by atoms with Crippen LogP contribution < -0.4 is 5.32 Å². The molecule has 0 spiro atoms. The molecule has 0 radical (unpaired) electrons. The van der Waals surface area contributed by atoms with Gasteiger partial charge in [0.2, 0.25) is 5.91 Å². The molecule has 1 amide bonds. The van der Waals surface area contributed by atoms with Gasteiger partial charge in [0.1, 0.15) is 0 Å². The second-order valence-electron chi connectivity index (χ2n) is 2.79. The van der Waals surface area contributed by atoms with Gasteiger partial charge in [0.05, 0.1) is 0 Å². The average molecular weight is 169 g/mol. The topological polar surface area (TPSA) is 66.4 Å². The Morgan fingerprint density at radius 2 is 2.50 bits per heavy atom. The van der Waals surface area contributed by atoms with Crippen LogP contribution in [-0.2, 0) is 9.59 Å². The first-order valence-electron chi connectivity index (χ1n) is 3.88. The highest BCUT2D eigenvalue weighted by atomic mass is 16.4. The molecular formula is C8H11NO3. The molecule has 1 unspecified atom stereocenters. The highest BCUT2D eigenvalue weighted by Gasteiger charge is 2.21. The molecule has 1 aliphatic heterocycles. The van der Waals surface area contributed by atoms with Crippen molar-refractivity contribution >= 4 is 11.9 Å². The molecule has 0 aliphatic carbocycles. The maximum atomic E-state index is 10.9. The highest BCUT2D eigenvalue weighted by molar-refractivity contribution is 5.99. The normalized spacial score (nSPS) is 22.9. The molecule has 1 atom stereocenters. The van der Waals surface area contributed by atoms with Gasteiger partial charge in [0, 0.05) is 17.7 Å². The fourth-order valence-corrected chi connectivity index (χ4v) is 1.17. The van der Waals surface area contributed by atoms with Crippen LogP contribution in [0.2, 0.25) is 0 Å². The van der Waals surface area contributed by atoms with Gasteiger partial charge in [-0.1, -0.05) is 6.92 Å². The van der Waals surface area contributed by atoms with E-state index in [0.717, 1.165) is 12.5 Å². The number of amides is 1. The zero-order valence-corrected chi connectivity index (χ0v) is 6.83. The Labute approximate surface area is 70.3 Å². The Kier molecular flexibility index (Phi) is 2.47. The molecule has 4 heteroatoms. The van der Waals surface area contributed by atoms with Crippen LogP contribution in [-0.4, -0.2) is 23.0 Å². The van der Waals surface area contributed by atoms with Crippen LogP contribution in [0, 0.1) is 0 Å². The second-order valence-corrected chi connectivity index (χ2v) is 2.79. The fourth-order valence-electron chi connectivity index (χ4n) is 1.17. The smallest absolute Gasteiger partial charge is 0.331 e. The van der Waals surface area contributed by atoms with Crippen LogP contribution >= 0.6 is 0 Å². The first-order valence-corrected chi connectivity index (χ1v) is 3.88. The van der Waals surface area contributed by atoms with E-state index in [1.165, 1.54) is 0 Å². The van der Waals surface area contributed by atoms with E-state index in [2.05, 4.69) is 5.32 Å². The van der Waals surface area contributed by atoms with Crippen molar-refractivity contribution in [3.05, 3.63) is 11.6 Å².